The Hall–Kier alpha value is -3.10. The number of benzene rings is 2. The first kappa shape index (κ1) is 25.0. The number of hydrogen-bond acceptors (Lipinski definition) is 5. The average molecular weight is 500 g/mol. The van der Waals surface area contributed by atoms with E-state index in [2.05, 4.69) is 5.32 Å². The third-order valence-electron chi connectivity index (χ3n) is 6.60. The fourth-order valence-corrected chi connectivity index (χ4v) is 4.89. The van der Waals surface area contributed by atoms with Gasteiger partial charge in [0, 0.05) is 38.0 Å². The molecular formula is C26H30ClN3O5. The van der Waals surface area contributed by atoms with Crippen LogP contribution < -0.4 is 10.1 Å². The molecule has 2 saturated heterocycles. The molecule has 0 bridgehead atoms. The second-order valence-electron chi connectivity index (χ2n) is 8.74. The van der Waals surface area contributed by atoms with E-state index in [0.29, 0.717) is 54.4 Å². The molecule has 3 amide bonds. The summed E-state index contributed by atoms with van der Waals surface area (Å²) in [4.78, 5) is 43.1. The van der Waals surface area contributed by atoms with E-state index in [9.17, 15) is 14.4 Å². The second-order valence-corrected chi connectivity index (χ2v) is 9.15. The van der Waals surface area contributed by atoms with Crippen LogP contribution in [0.3, 0.4) is 0 Å². The molecule has 0 saturated carbocycles. The van der Waals surface area contributed by atoms with Crippen molar-refractivity contribution in [1.29, 1.82) is 0 Å². The number of carbonyl (C=O) groups is 3. The van der Waals surface area contributed by atoms with Crippen molar-refractivity contribution >= 4 is 29.3 Å². The first-order chi connectivity index (χ1) is 16.9. The molecule has 35 heavy (non-hydrogen) atoms. The first-order valence-electron chi connectivity index (χ1n) is 11.8. The number of piperidine rings is 1. The van der Waals surface area contributed by atoms with Crippen LogP contribution in [-0.4, -0.2) is 72.6 Å². The van der Waals surface area contributed by atoms with Gasteiger partial charge in [0.1, 0.15) is 17.5 Å². The second kappa shape index (κ2) is 10.7. The molecule has 2 aliphatic rings. The fraction of sp³-hybridized carbons (Fsp3) is 0.423. The number of nitrogens with one attached hydrogen (secondary N) is 1. The standard InChI is InChI=1S/C26H30ClN3O5/c1-3-14-28-23(31)22-17-35-26(30(22)24(32)18-8-10-19(34-2)11-9-18)12-15-29(16-13-26)25(33)20-6-4-5-7-21(20)27/h4-11,22H,3,12-17H2,1-2H3,(H,28,31). The molecule has 8 nitrogen and oxygen atoms in total. The molecular weight excluding hydrogens is 470 g/mol. The van der Waals surface area contributed by atoms with Gasteiger partial charge < -0.3 is 19.7 Å². The minimum absolute atomic E-state index is 0.107. The van der Waals surface area contributed by atoms with Crippen LogP contribution in [0.1, 0.15) is 46.9 Å². The van der Waals surface area contributed by atoms with Gasteiger partial charge in [-0.3, -0.25) is 19.3 Å². The minimum Gasteiger partial charge on any atom is -0.497 e. The highest BCUT2D eigenvalue weighted by Gasteiger charge is 2.54. The van der Waals surface area contributed by atoms with Gasteiger partial charge in [-0.1, -0.05) is 30.7 Å². The van der Waals surface area contributed by atoms with Crippen molar-refractivity contribution in [2.45, 2.75) is 38.0 Å². The maximum atomic E-state index is 13.7. The Morgan fingerprint density at radius 3 is 2.40 bits per heavy atom. The van der Waals surface area contributed by atoms with Crippen molar-refractivity contribution in [3.8, 4) is 5.75 Å². The van der Waals surface area contributed by atoms with Gasteiger partial charge in [-0.2, -0.15) is 0 Å². The van der Waals surface area contributed by atoms with E-state index in [0.717, 1.165) is 6.42 Å². The smallest absolute Gasteiger partial charge is 0.256 e. The number of amides is 3. The van der Waals surface area contributed by atoms with Crippen LogP contribution in [-0.2, 0) is 9.53 Å². The van der Waals surface area contributed by atoms with Gasteiger partial charge in [0.25, 0.3) is 11.8 Å². The Balaban J connectivity index is 1.57. The highest BCUT2D eigenvalue weighted by atomic mass is 35.5. The van der Waals surface area contributed by atoms with E-state index >= 15 is 0 Å². The van der Waals surface area contributed by atoms with Gasteiger partial charge in [-0.15, -0.1) is 0 Å². The Kier molecular flexibility index (Phi) is 7.62. The van der Waals surface area contributed by atoms with Gasteiger partial charge in [0.15, 0.2) is 0 Å². The summed E-state index contributed by atoms with van der Waals surface area (Å²) >= 11 is 6.23. The Labute approximate surface area is 210 Å². The summed E-state index contributed by atoms with van der Waals surface area (Å²) in [7, 11) is 1.56. The molecule has 186 valence electrons. The topological polar surface area (TPSA) is 88.2 Å². The zero-order chi connectivity index (χ0) is 25.0. The molecule has 4 rings (SSSR count). The zero-order valence-electron chi connectivity index (χ0n) is 20.0. The van der Waals surface area contributed by atoms with Crippen LogP contribution in [0, 0.1) is 0 Å². The lowest BCUT2D eigenvalue weighted by molar-refractivity contribution is -0.128. The Morgan fingerprint density at radius 2 is 1.77 bits per heavy atom. The number of methoxy groups -OCH3 is 1. The molecule has 0 aliphatic carbocycles. The zero-order valence-corrected chi connectivity index (χ0v) is 20.7. The monoisotopic (exact) mass is 499 g/mol. The average Bonchev–Trinajstić information content (AvgIpc) is 3.25. The van der Waals surface area contributed by atoms with Gasteiger partial charge in [0.05, 0.1) is 24.3 Å². The maximum Gasteiger partial charge on any atom is 0.256 e. The molecule has 1 spiro atoms. The lowest BCUT2D eigenvalue weighted by Gasteiger charge is -2.44. The van der Waals surface area contributed by atoms with Crippen molar-refractivity contribution in [3.05, 3.63) is 64.7 Å². The molecule has 2 aromatic rings. The van der Waals surface area contributed by atoms with Crippen LogP contribution in [0.2, 0.25) is 5.02 Å². The third-order valence-corrected chi connectivity index (χ3v) is 6.93. The maximum absolute atomic E-state index is 13.7. The third kappa shape index (κ3) is 4.99. The molecule has 2 heterocycles. The van der Waals surface area contributed by atoms with Gasteiger partial charge in [0.2, 0.25) is 5.91 Å². The van der Waals surface area contributed by atoms with Crippen LogP contribution in [0.5, 0.6) is 5.75 Å². The summed E-state index contributed by atoms with van der Waals surface area (Å²) in [6.07, 6.45) is 1.57. The van der Waals surface area contributed by atoms with Crippen LogP contribution in [0.15, 0.2) is 48.5 Å². The number of rotatable bonds is 6. The highest BCUT2D eigenvalue weighted by Crippen LogP contribution is 2.39. The van der Waals surface area contributed by atoms with E-state index in [1.165, 1.54) is 0 Å². The number of likely N-dealkylation sites (tertiary alicyclic amines) is 1. The lowest BCUT2D eigenvalue weighted by atomic mass is 9.96. The van der Waals surface area contributed by atoms with E-state index in [4.69, 9.17) is 21.1 Å². The molecule has 9 heteroatoms. The van der Waals surface area contributed by atoms with Crippen LogP contribution >= 0.6 is 11.6 Å². The summed E-state index contributed by atoms with van der Waals surface area (Å²) in [5.74, 6) is -0.0425. The molecule has 1 N–H and O–H groups in total. The highest BCUT2D eigenvalue weighted by molar-refractivity contribution is 6.33. The van der Waals surface area contributed by atoms with Crippen LogP contribution in [0.25, 0.3) is 0 Å². The minimum atomic E-state index is -0.970. The first-order valence-corrected chi connectivity index (χ1v) is 12.2. The fourth-order valence-electron chi connectivity index (χ4n) is 4.67. The van der Waals surface area contributed by atoms with E-state index in [1.54, 1.807) is 65.4 Å². The summed E-state index contributed by atoms with van der Waals surface area (Å²) in [5.41, 5.74) is -0.0818. The predicted octanol–water partition coefficient (Wildman–Crippen LogP) is 3.35. The van der Waals surface area contributed by atoms with Crippen molar-refractivity contribution in [2.75, 3.05) is 33.4 Å². The van der Waals surface area contributed by atoms with E-state index < -0.39 is 11.8 Å². The normalized spacial score (nSPS) is 19.0. The number of nitrogens with zero attached hydrogens (tertiary/aromatic N) is 2. The molecule has 1 atom stereocenters. The van der Waals surface area contributed by atoms with Crippen molar-refractivity contribution in [1.82, 2.24) is 15.1 Å². The number of hydrogen-bond donors (Lipinski definition) is 1. The van der Waals surface area contributed by atoms with E-state index in [-0.39, 0.29) is 24.3 Å². The molecule has 1 unspecified atom stereocenters. The van der Waals surface area contributed by atoms with Gasteiger partial charge >= 0.3 is 0 Å². The summed E-state index contributed by atoms with van der Waals surface area (Å²) in [5, 5.41) is 3.30. The van der Waals surface area contributed by atoms with E-state index in [1.807, 2.05) is 6.92 Å². The number of ether oxygens (including phenoxy) is 2. The van der Waals surface area contributed by atoms with Crippen molar-refractivity contribution in [2.24, 2.45) is 0 Å². The SMILES string of the molecule is CCCNC(=O)C1COC2(CCN(C(=O)c3ccccc3Cl)CC2)N1C(=O)c1ccc(OC)cc1. The molecule has 2 aromatic carbocycles. The summed E-state index contributed by atoms with van der Waals surface area (Å²) < 4.78 is 11.4. The predicted molar refractivity (Wildman–Crippen MR) is 132 cm³/mol. The van der Waals surface area contributed by atoms with Crippen LogP contribution in [0.4, 0.5) is 0 Å². The summed E-state index contributed by atoms with van der Waals surface area (Å²) in [6.45, 7) is 3.35. The lowest BCUT2D eigenvalue weighted by Crippen LogP contribution is -2.59. The van der Waals surface area contributed by atoms with Gasteiger partial charge in [-0.25, -0.2) is 0 Å². The van der Waals surface area contributed by atoms with Crippen molar-refractivity contribution in [3.63, 3.8) is 0 Å². The quantitative estimate of drug-likeness (QED) is 0.658. The Bertz CT molecular complexity index is 1080. The molecule has 0 radical (unpaired) electrons. The Morgan fingerprint density at radius 1 is 1.09 bits per heavy atom. The molecule has 0 aromatic heterocycles. The largest absolute Gasteiger partial charge is 0.497 e. The number of carbonyl (C=O) groups excluding carboxylic acids is 3. The van der Waals surface area contributed by atoms with Crippen molar-refractivity contribution < 1.29 is 23.9 Å². The number of halogens is 1. The molecule has 2 fully saturated rings. The molecule has 2 aliphatic heterocycles. The summed E-state index contributed by atoms with van der Waals surface area (Å²) in [6, 6.07) is 13.0. The van der Waals surface area contributed by atoms with Gasteiger partial charge in [-0.05, 0) is 42.8 Å².